The summed E-state index contributed by atoms with van der Waals surface area (Å²) >= 11 is 0. The first kappa shape index (κ1) is 34.6. The first-order chi connectivity index (χ1) is 19.5. The van der Waals surface area contributed by atoms with Gasteiger partial charge in [0.1, 0.15) is 25.1 Å². The van der Waals surface area contributed by atoms with E-state index in [-0.39, 0.29) is 29.9 Å². The fourth-order valence-corrected chi connectivity index (χ4v) is 5.03. The van der Waals surface area contributed by atoms with E-state index in [2.05, 4.69) is 36.6 Å². The van der Waals surface area contributed by atoms with Crippen LogP contribution >= 0.6 is 0 Å². The lowest BCUT2D eigenvalue weighted by molar-refractivity contribution is -0.680. The molecule has 0 aliphatic carbocycles. The van der Waals surface area contributed by atoms with Gasteiger partial charge in [-0.1, -0.05) is 89.0 Å². The molecule has 0 aliphatic rings. The molecule has 0 radical (unpaired) electrons. The molecular formula is C35H49IN2O3. The number of nitrogens with zero attached hydrogens (tertiary/aromatic N) is 2. The van der Waals surface area contributed by atoms with Crippen LogP contribution in [-0.2, 0) is 20.1 Å². The third kappa shape index (κ3) is 11.7. The average Bonchev–Trinajstić information content (AvgIpc) is 2.97. The fraction of sp³-hybridized carbons (Fsp3) is 0.486. The lowest BCUT2D eigenvalue weighted by atomic mass is 10.1. The van der Waals surface area contributed by atoms with Gasteiger partial charge in [-0.2, -0.15) is 0 Å². The van der Waals surface area contributed by atoms with Crippen LogP contribution in [0.25, 0.3) is 0 Å². The molecule has 2 aromatic carbocycles. The summed E-state index contributed by atoms with van der Waals surface area (Å²) < 4.78 is 13.6. The summed E-state index contributed by atoms with van der Waals surface area (Å²) in [4.78, 5) is 15.7. The van der Waals surface area contributed by atoms with E-state index in [9.17, 15) is 4.79 Å². The van der Waals surface area contributed by atoms with Crippen LogP contribution in [0, 0.1) is 6.92 Å². The smallest absolute Gasteiger partial charge is 0.258 e. The van der Waals surface area contributed by atoms with E-state index in [0.717, 1.165) is 35.6 Å². The summed E-state index contributed by atoms with van der Waals surface area (Å²) in [6.07, 6.45) is 15.2. The van der Waals surface area contributed by atoms with Crippen molar-refractivity contribution in [3.63, 3.8) is 0 Å². The molecule has 224 valence electrons. The summed E-state index contributed by atoms with van der Waals surface area (Å²) in [5.41, 5.74) is 3.85. The summed E-state index contributed by atoms with van der Waals surface area (Å²) in [7, 11) is 3.61. The molecule has 0 spiro atoms. The summed E-state index contributed by atoms with van der Waals surface area (Å²) in [6.45, 7) is 6.10. The van der Waals surface area contributed by atoms with E-state index in [1.54, 1.807) is 7.11 Å². The van der Waals surface area contributed by atoms with Gasteiger partial charge in [0.25, 0.3) is 5.91 Å². The zero-order chi connectivity index (χ0) is 28.6. The Kier molecular flexibility index (Phi) is 16.5. The van der Waals surface area contributed by atoms with Gasteiger partial charge in [0.2, 0.25) is 5.69 Å². The molecule has 0 atom stereocenters. The number of hydrogen-bond acceptors (Lipinski definition) is 3. The van der Waals surface area contributed by atoms with Gasteiger partial charge in [0, 0.05) is 18.7 Å². The molecule has 0 unspecified atom stereocenters. The highest BCUT2D eigenvalue weighted by atomic mass is 127. The molecule has 0 bridgehead atoms. The Morgan fingerprint density at radius 3 is 2.15 bits per heavy atom. The number of aromatic nitrogens is 1. The van der Waals surface area contributed by atoms with E-state index in [1.807, 2.05) is 60.6 Å². The van der Waals surface area contributed by atoms with E-state index < -0.39 is 0 Å². The Balaban J connectivity index is 0.00000588. The van der Waals surface area contributed by atoms with Crippen LogP contribution in [0.5, 0.6) is 11.5 Å². The van der Waals surface area contributed by atoms with Crippen LogP contribution < -0.4 is 38.0 Å². The maximum absolute atomic E-state index is 13.8. The zero-order valence-electron chi connectivity index (χ0n) is 25.5. The summed E-state index contributed by atoms with van der Waals surface area (Å²) in [6, 6.07) is 19.7. The van der Waals surface area contributed by atoms with Gasteiger partial charge in [-0.3, -0.25) is 4.79 Å². The van der Waals surface area contributed by atoms with Gasteiger partial charge in [0.15, 0.2) is 6.20 Å². The fourth-order valence-electron chi connectivity index (χ4n) is 5.03. The highest BCUT2D eigenvalue weighted by Crippen LogP contribution is 2.24. The number of unbranched alkanes of at least 4 members (excludes halogenated alkanes) is 9. The zero-order valence-corrected chi connectivity index (χ0v) is 27.7. The number of amides is 1. The molecule has 1 aromatic heterocycles. The second-order valence-corrected chi connectivity index (χ2v) is 10.8. The quantitative estimate of drug-likeness (QED) is 0.109. The van der Waals surface area contributed by atoms with Crippen molar-refractivity contribution in [2.75, 3.05) is 13.7 Å². The molecule has 41 heavy (non-hydrogen) atoms. The minimum atomic E-state index is -0.0537. The molecule has 3 aromatic rings. The molecular weight excluding hydrogens is 623 g/mol. The van der Waals surface area contributed by atoms with Crippen LogP contribution in [0.4, 0.5) is 0 Å². The Labute approximate surface area is 265 Å². The number of halogens is 1. The van der Waals surface area contributed by atoms with Gasteiger partial charge in [-0.15, -0.1) is 0 Å². The van der Waals surface area contributed by atoms with Crippen LogP contribution in [0.1, 0.15) is 98.3 Å². The normalized spacial score (nSPS) is 10.6. The van der Waals surface area contributed by atoms with Crippen LogP contribution in [-0.4, -0.2) is 24.5 Å². The number of methoxy groups -OCH3 is 1. The van der Waals surface area contributed by atoms with Gasteiger partial charge in [0.05, 0.1) is 19.3 Å². The molecule has 0 saturated heterocycles. The number of pyridine rings is 1. The molecule has 1 heterocycles. The maximum atomic E-state index is 13.8. The molecule has 0 N–H and O–H groups in total. The van der Waals surface area contributed by atoms with Crippen molar-refractivity contribution in [2.24, 2.45) is 7.05 Å². The Bertz CT molecular complexity index is 1180. The van der Waals surface area contributed by atoms with Gasteiger partial charge in [-0.05, 0) is 48.7 Å². The third-order valence-electron chi connectivity index (χ3n) is 7.58. The largest absolute Gasteiger partial charge is 1.00 e. The second kappa shape index (κ2) is 19.5. The summed E-state index contributed by atoms with van der Waals surface area (Å²) in [5.74, 6) is 1.43. The molecule has 6 heteroatoms. The lowest BCUT2D eigenvalue weighted by Gasteiger charge is -2.24. The number of carbonyl (C=O) groups is 1. The van der Waals surface area contributed by atoms with Crippen LogP contribution in [0.2, 0.25) is 0 Å². The van der Waals surface area contributed by atoms with E-state index in [0.29, 0.717) is 24.4 Å². The number of aryl methyl sites for hydroxylation is 2. The van der Waals surface area contributed by atoms with Crippen molar-refractivity contribution in [2.45, 2.75) is 91.1 Å². The number of carbonyl (C=O) groups excluding carboxylic acids is 1. The van der Waals surface area contributed by atoms with E-state index >= 15 is 0 Å². The Hall–Kier alpha value is -2.61. The first-order valence-electron chi connectivity index (χ1n) is 15.1. The number of hydrogen-bond donors (Lipinski definition) is 0. The molecule has 0 fully saturated rings. The van der Waals surface area contributed by atoms with Crippen LogP contribution in [0.3, 0.4) is 0 Å². The first-order valence-corrected chi connectivity index (χ1v) is 15.1. The van der Waals surface area contributed by atoms with Gasteiger partial charge in [-0.25, -0.2) is 4.57 Å². The molecule has 1 amide bonds. The summed E-state index contributed by atoms with van der Waals surface area (Å²) in [5, 5.41) is 0. The number of benzene rings is 2. The van der Waals surface area contributed by atoms with Crippen LogP contribution in [0.15, 0.2) is 66.9 Å². The minimum absolute atomic E-state index is 0. The predicted octanol–water partition coefficient (Wildman–Crippen LogP) is 4.97. The maximum Gasteiger partial charge on any atom is 0.258 e. The molecule has 3 rings (SSSR count). The van der Waals surface area contributed by atoms with E-state index in [4.69, 9.17) is 9.47 Å². The van der Waals surface area contributed by atoms with Crippen molar-refractivity contribution in [3.8, 4) is 11.5 Å². The highest BCUT2D eigenvalue weighted by Gasteiger charge is 2.23. The second-order valence-electron chi connectivity index (χ2n) is 10.8. The van der Waals surface area contributed by atoms with Crippen molar-refractivity contribution in [1.29, 1.82) is 0 Å². The standard InChI is InChI=1S/C35H49N2O3.HI/c1-5-6-7-8-9-10-11-12-13-18-25-40-32-23-22-30(29(2)26-32)27-37(28-31-19-16-17-24-36(31)3)35(38)33-20-14-15-21-34(33)39-4;/h14-17,19-24,26H,5-13,18,25,27-28H2,1-4H3;1H/q+1;/p-1. The average molecular weight is 673 g/mol. The Morgan fingerprint density at radius 2 is 1.49 bits per heavy atom. The lowest BCUT2D eigenvalue weighted by Crippen LogP contribution is -3.00. The topological polar surface area (TPSA) is 42.7 Å². The molecule has 0 aliphatic heterocycles. The number of rotatable bonds is 18. The number of ether oxygens (including phenoxy) is 2. The molecule has 5 nitrogen and oxygen atoms in total. The van der Waals surface area contributed by atoms with Crippen molar-refractivity contribution >= 4 is 5.91 Å². The Morgan fingerprint density at radius 1 is 0.829 bits per heavy atom. The monoisotopic (exact) mass is 672 g/mol. The SMILES string of the molecule is CCCCCCCCCCCCOc1ccc(CN(Cc2cccc[n+]2C)C(=O)c2ccccc2OC)c(C)c1.[I-]. The highest BCUT2D eigenvalue weighted by molar-refractivity contribution is 5.96. The van der Waals surface area contributed by atoms with E-state index in [1.165, 1.54) is 57.8 Å². The van der Waals surface area contributed by atoms with Crippen molar-refractivity contribution in [1.82, 2.24) is 4.90 Å². The van der Waals surface area contributed by atoms with Gasteiger partial charge >= 0.3 is 0 Å². The molecule has 0 saturated carbocycles. The van der Waals surface area contributed by atoms with Crippen molar-refractivity contribution in [3.05, 3.63) is 89.2 Å². The third-order valence-corrected chi connectivity index (χ3v) is 7.58. The minimum Gasteiger partial charge on any atom is -1.00 e. The predicted molar refractivity (Wildman–Crippen MR) is 163 cm³/mol. The van der Waals surface area contributed by atoms with Crippen molar-refractivity contribution < 1.29 is 42.8 Å². The number of para-hydroxylation sites is 1. The van der Waals surface area contributed by atoms with Gasteiger partial charge < -0.3 is 38.4 Å².